The first kappa shape index (κ1) is 8.83. The molecule has 0 aromatic rings. The van der Waals surface area contributed by atoms with Crippen LogP contribution in [0.4, 0.5) is 8.78 Å². The summed E-state index contributed by atoms with van der Waals surface area (Å²) in [6, 6.07) is 1.66. The minimum Gasteiger partial charge on any atom is -0.206 e. The van der Waals surface area contributed by atoms with E-state index in [0.29, 0.717) is 0 Å². The van der Waals surface area contributed by atoms with Crippen LogP contribution in [0.3, 0.4) is 0 Å². The lowest BCUT2D eigenvalue weighted by Crippen LogP contribution is -2.16. The van der Waals surface area contributed by atoms with E-state index in [9.17, 15) is 8.78 Å². The second kappa shape index (κ2) is 3.78. The second-order valence-electron chi connectivity index (χ2n) is 1.65. The van der Waals surface area contributed by atoms with E-state index in [1.54, 1.807) is 6.07 Å². The summed E-state index contributed by atoms with van der Waals surface area (Å²) in [6.45, 7) is 0. The van der Waals surface area contributed by atoms with Crippen LogP contribution in [-0.2, 0) is 0 Å². The first-order valence-electron chi connectivity index (χ1n) is 2.43. The van der Waals surface area contributed by atoms with Crippen molar-refractivity contribution in [3.8, 4) is 6.07 Å². The van der Waals surface area contributed by atoms with Crippen molar-refractivity contribution in [1.29, 1.82) is 5.26 Å². The minimum atomic E-state index is -2.71. The lowest BCUT2D eigenvalue weighted by atomic mass is 10.2. The molecule has 0 saturated heterocycles. The van der Waals surface area contributed by atoms with Crippen LogP contribution in [0.25, 0.3) is 0 Å². The van der Waals surface area contributed by atoms with Gasteiger partial charge in [0.25, 0.3) is 5.92 Å². The summed E-state index contributed by atoms with van der Waals surface area (Å²) in [5, 5.41) is 7.57. The van der Waals surface area contributed by atoms with Crippen molar-refractivity contribution in [2.75, 3.05) is 5.33 Å². The molecule has 0 fully saturated rings. The number of hydrogen-bond acceptors (Lipinski definition) is 1. The molecule has 0 amide bonds. The Hall–Kier alpha value is -0.170. The Morgan fingerprint density at radius 3 is 2.44 bits per heavy atom. The zero-order valence-electron chi connectivity index (χ0n) is 4.70. The van der Waals surface area contributed by atoms with Crippen LogP contribution in [-0.4, -0.2) is 11.3 Å². The largest absolute Gasteiger partial charge is 0.258 e. The summed E-state index contributed by atoms with van der Waals surface area (Å²) in [5.41, 5.74) is 0. The van der Waals surface area contributed by atoms with Crippen LogP contribution in [0.5, 0.6) is 0 Å². The highest BCUT2D eigenvalue weighted by molar-refractivity contribution is 9.09. The van der Waals surface area contributed by atoms with Gasteiger partial charge in [0.15, 0.2) is 0 Å². The molecule has 0 radical (unpaired) electrons. The van der Waals surface area contributed by atoms with Crippen molar-refractivity contribution >= 4 is 15.9 Å². The van der Waals surface area contributed by atoms with Gasteiger partial charge in [0.2, 0.25) is 0 Å². The monoisotopic (exact) mass is 197 g/mol. The molecule has 0 bridgehead atoms. The van der Waals surface area contributed by atoms with Gasteiger partial charge in [-0.1, -0.05) is 15.9 Å². The van der Waals surface area contributed by atoms with Crippen LogP contribution in [0.2, 0.25) is 0 Å². The Morgan fingerprint density at radius 2 is 2.11 bits per heavy atom. The summed E-state index contributed by atoms with van der Waals surface area (Å²) in [5.74, 6) is -2.71. The fourth-order valence-corrected chi connectivity index (χ4v) is 0.586. The van der Waals surface area contributed by atoms with E-state index >= 15 is 0 Å². The average molecular weight is 198 g/mol. The third-order valence-corrected chi connectivity index (χ3v) is 1.62. The molecule has 0 aliphatic rings. The molecule has 1 nitrogen and oxygen atoms in total. The smallest absolute Gasteiger partial charge is 0.206 e. The van der Waals surface area contributed by atoms with Gasteiger partial charge in [0.1, 0.15) is 0 Å². The topological polar surface area (TPSA) is 23.8 Å². The van der Waals surface area contributed by atoms with E-state index in [4.69, 9.17) is 5.26 Å². The fraction of sp³-hybridized carbons (Fsp3) is 0.800. The summed E-state index contributed by atoms with van der Waals surface area (Å²) >= 11 is 2.64. The lowest BCUT2D eigenvalue weighted by Gasteiger charge is -2.08. The standard InChI is InChI=1S/C5H6BrF2N/c6-4-5(7,8)2-1-3-9/h1-2,4H2. The molecule has 0 aliphatic heterocycles. The van der Waals surface area contributed by atoms with Crippen LogP contribution < -0.4 is 0 Å². The van der Waals surface area contributed by atoms with Crippen molar-refractivity contribution in [2.45, 2.75) is 18.8 Å². The fourth-order valence-electron chi connectivity index (χ4n) is 0.306. The maximum atomic E-state index is 12.1. The predicted molar refractivity (Wildman–Crippen MR) is 33.6 cm³/mol. The number of alkyl halides is 3. The average Bonchev–Trinajstić information content (AvgIpc) is 1.84. The summed E-state index contributed by atoms with van der Waals surface area (Å²) in [4.78, 5) is 0. The van der Waals surface area contributed by atoms with Gasteiger partial charge in [0, 0.05) is 12.8 Å². The lowest BCUT2D eigenvalue weighted by molar-refractivity contribution is 0.0211. The molecule has 0 rings (SSSR count). The van der Waals surface area contributed by atoms with Gasteiger partial charge < -0.3 is 0 Å². The van der Waals surface area contributed by atoms with Crippen LogP contribution in [0.15, 0.2) is 0 Å². The van der Waals surface area contributed by atoms with E-state index in [2.05, 4.69) is 15.9 Å². The third-order valence-electron chi connectivity index (χ3n) is 0.798. The van der Waals surface area contributed by atoms with E-state index < -0.39 is 5.92 Å². The highest BCUT2D eigenvalue weighted by Crippen LogP contribution is 2.21. The SMILES string of the molecule is N#CCCC(F)(F)CBr. The molecule has 0 saturated carbocycles. The number of nitriles is 1. The minimum absolute atomic E-state index is 0.0847. The molecule has 52 valence electrons. The van der Waals surface area contributed by atoms with Crippen molar-refractivity contribution in [1.82, 2.24) is 0 Å². The van der Waals surface area contributed by atoms with Gasteiger partial charge in [-0.2, -0.15) is 5.26 Å². The van der Waals surface area contributed by atoms with Gasteiger partial charge in [-0.05, 0) is 0 Å². The van der Waals surface area contributed by atoms with E-state index in [1.807, 2.05) is 0 Å². The molecule has 0 heterocycles. The molecular formula is C5H6BrF2N. The van der Waals surface area contributed by atoms with Gasteiger partial charge in [-0.3, -0.25) is 0 Å². The highest BCUT2D eigenvalue weighted by Gasteiger charge is 2.25. The van der Waals surface area contributed by atoms with Gasteiger partial charge in [-0.15, -0.1) is 0 Å². The normalized spacial score (nSPS) is 10.9. The summed E-state index contributed by atoms with van der Waals surface area (Å²) in [7, 11) is 0. The number of halogens is 3. The van der Waals surface area contributed by atoms with E-state index in [1.165, 1.54) is 0 Å². The second-order valence-corrected chi connectivity index (χ2v) is 2.21. The molecule has 0 N–H and O–H groups in total. The Balaban J connectivity index is 3.48. The van der Waals surface area contributed by atoms with Crippen LogP contribution >= 0.6 is 15.9 Å². The molecule has 0 aromatic heterocycles. The van der Waals surface area contributed by atoms with Crippen LogP contribution in [0.1, 0.15) is 12.8 Å². The Morgan fingerprint density at radius 1 is 1.56 bits per heavy atom. The molecule has 0 aromatic carbocycles. The quantitative estimate of drug-likeness (QED) is 0.638. The van der Waals surface area contributed by atoms with E-state index in [-0.39, 0.29) is 18.2 Å². The maximum Gasteiger partial charge on any atom is 0.258 e. The molecule has 4 heteroatoms. The van der Waals surface area contributed by atoms with Crippen molar-refractivity contribution < 1.29 is 8.78 Å². The number of hydrogen-bond donors (Lipinski definition) is 0. The Bertz CT molecular complexity index is 119. The van der Waals surface area contributed by atoms with Crippen molar-refractivity contribution in [2.24, 2.45) is 0 Å². The predicted octanol–water partition coefficient (Wildman–Crippen LogP) is 2.32. The number of rotatable bonds is 3. The third kappa shape index (κ3) is 4.34. The zero-order chi connectivity index (χ0) is 7.33. The van der Waals surface area contributed by atoms with Crippen LogP contribution in [0, 0.1) is 11.3 Å². The maximum absolute atomic E-state index is 12.1. The summed E-state index contributed by atoms with van der Waals surface area (Å²) < 4.78 is 24.3. The van der Waals surface area contributed by atoms with Gasteiger partial charge in [0.05, 0.1) is 11.4 Å². The van der Waals surface area contributed by atoms with Gasteiger partial charge >= 0.3 is 0 Å². The van der Waals surface area contributed by atoms with Crippen molar-refractivity contribution in [3.63, 3.8) is 0 Å². The number of nitrogens with zero attached hydrogens (tertiary/aromatic N) is 1. The molecule has 0 spiro atoms. The molecule has 0 atom stereocenters. The first-order valence-corrected chi connectivity index (χ1v) is 3.55. The molecule has 0 aliphatic carbocycles. The highest BCUT2D eigenvalue weighted by atomic mass is 79.9. The molecule has 0 unspecified atom stereocenters. The zero-order valence-corrected chi connectivity index (χ0v) is 6.29. The Labute approximate surface area is 60.8 Å². The first-order chi connectivity index (χ1) is 4.12. The van der Waals surface area contributed by atoms with Crippen molar-refractivity contribution in [3.05, 3.63) is 0 Å². The summed E-state index contributed by atoms with van der Waals surface area (Å²) in [6.07, 6.45) is -0.437. The molecule has 9 heavy (non-hydrogen) atoms. The van der Waals surface area contributed by atoms with E-state index in [0.717, 1.165) is 0 Å². The van der Waals surface area contributed by atoms with Gasteiger partial charge in [-0.25, -0.2) is 8.78 Å². The molecular weight excluding hydrogens is 192 g/mol. The Kier molecular flexibility index (Phi) is 3.71.